The Labute approximate surface area is 126 Å². The lowest BCUT2D eigenvalue weighted by molar-refractivity contribution is -0.117. The van der Waals surface area contributed by atoms with Crippen LogP contribution >= 0.6 is 0 Å². The van der Waals surface area contributed by atoms with E-state index in [-0.39, 0.29) is 11.7 Å². The number of amides is 1. The number of Topliss-reactive ketones (excluding diaryl/α,β-unsaturated/α-hetero) is 1. The van der Waals surface area contributed by atoms with Crippen molar-refractivity contribution in [3.8, 4) is 0 Å². The molecular formula is C17H24N2O2. The molecule has 0 atom stereocenters. The Hall–Kier alpha value is -1.68. The molecule has 1 aromatic carbocycles. The molecule has 0 aromatic heterocycles. The Bertz CT molecular complexity index is 474. The van der Waals surface area contributed by atoms with E-state index in [9.17, 15) is 9.59 Å². The van der Waals surface area contributed by atoms with Gasteiger partial charge in [0.15, 0.2) is 5.78 Å². The first kappa shape index (κ1) is 15.7. The molecule has 1 amide bonds. The highest BCUT2D eigenvalue weighted by Gasteiger charge is 2.12. The Morgan fingerprint density at radius 3 is 2.14 bits per heavy atom. The molecule has 0 unspecified atom stereocenters. The molecule has 1 saturated heterocycles. The molecule has 1 aromatic rings. The van der Waals surface area contributed by atoms with Crippen molar-refractivity contribution in [2.24, 2.45) is 0 Å². The van der Waals surface area contributed by atoms with Crippen LogP contribution in [0.15, 0.2) is 24.3 Å². The molecule has 21 heavy (non-hydrogen) atoms. The van der Waals surface area contributed by atoms with Crippen molar-refractivity contribution < 1.29 is 9.59 Å². The summed E-state index contributed by atoms with van der Waals surface area (Å²) in [4.78, 5) is 25.5. The van der Waals surface area contributed by atoms with E-state index in [0.717, 1.165) is 18.8 Å². The maximum Gasteiger partial charge on any atom is 0.238 e. The molecule has 1 aliphatic rings. The topological polar surface area (TPSA) is 49.4 Å². The second-order valence-corrected chi connectivity index (χ2v) is 5.73. The number of ketones is 1. The Morgan fingerprint density at radius 1 is 1.00 bits per heavy atom. The summed E-state index contributed by atoms with van der Waals surface area (Å²) >= 11 is 0. The third-order valence-electron chi connectivity index (χ3n) is 3.89. The largest absolute Gasteiger partial charge is 0.325 e. The number of hydrogen-bond acceptors (Lipinski definition) is 3. The zero-order valence-electron chi connectivity index (χ0n) is 12.7. The fourth-order valence-electron chi connectivity index (χ4n) is 2.66. The third-order valence-corrected chi connectivity index (χ3v) is 3.89. The summed E-state index contributed by atoms with van der Waals surface area (Å²) in [7, 11) is 0. The van der Waals surface area contributed by atoms with E-state index in [1.54, 1.807) is 24.3 Å². The first-order chi connectivity index (χ1) is 10.1. The van der Waals surface area contributed by atoms with Gasteiger partial charge >= 0.3 is 0 Å². The number of benzene rings is 1. The highest BCUT2D eigenvalue weighted by atomic mass is 16.2. The van der Waals surface area contributed by atoms with E-state index in [0.29, 0.717) is 12.1 Å². The molecular weight excluding hydrogens is 264 g/mol. The SMILES string of the molecule is CC(=O)c1ccc(NC(=O)CN2CCCCCCC2)cc1. The molecule has 0 spiro atoms. The van der Waals surface area contributed by atoms with E-state index in [2.05, 4.69) is 10.2 Å². The lowest BCUT2D eigenvalue weighted by atomic mass is 10.1. The molecule has 0 bridgehead atoms. The van der Waals surface area contributed by atoms with Gasteiger partial charge in [0.25, 0.3) is 0 Å². The number of nitrogens with zero attached hydrogens (tertiary/aromatic N) is 1. The molecule has 1 heterocycles. The number of nitrogens with one attached hydrogen (secondary N) is 1. The summed E-state index contributed by atoms with van der Waals surface area (Å²) in [6.07, 6.45) is 6.22. The average Bonchev–Trinajstić information content (AvgIpc) is 2.42. The van der Waals surface area contributed by atoms with Crippen LogP contribution in [0.25, 0.3) is 0 Å². The summed E-state index contributed by atoms with van der Waals surface area (Å²) in [6, 6.07) is 7.05. The van der Waals surface area contributed by atoms with Gasteiger partial charge in [-0.2, -0.15) is 0 Å². The molecule has 2 rings (SSSR count). The van der Waals surface area contributed by atoms with Crippen molar-refractivity contribution in [2.75, 3.05) is 25.0 Å². The molecule has 1 N–H and O–H groups in total. The molecule has 0 saturated carbocycles. The van der Waals surface area contributed by atoms with Crippen molar-refractivity contribution in [3.63, 3.8) is 0 Å². The van der Waals surface area contributed by atoms with E-state index in [1.807, 2.05) is 0 Å². The number of hydrogen-bond donors (Lipinski definition) is 1. The number of carbonyl (C=O) groups excluding carboxylic acids is 2. The second-order valence-electron chi connectivity index (χ2n) is 5.73. The van der Waals surface area contributed by atoms with E-state index in [1.165, 1.54) is 39.0 Å². The Morgan fingerprint density at radius 2 is 1.57 bits per heavy atom. The van der Waals surface area contributed by atoms with Crippen molar-refractivity contribution >= 4 is 17.4 Å². The fraction of sp³-hybridized carbons (Fsp3) is 0.529. The Kier molecular flexibility index (Phi) is 5.93. The summed E-state index contributed by atoms with van der Waals surface area (Å²) in [5.74, 6) is 0.0552. The van der Waals surface area contributed by atoms with Crippen molar-refractivity contribution in [3.05, 3.63) is 29.8 Å². The van der Waals surface area contributed by atoms with Crippen LogP contribution in [0.3, 0.4) is 0 Å². The van der Waals surface area contributed by atoms with Gasteiger partial charge in [-0.25, -0.2) is 0 Å². The van der Waals surface area contributed by atoms with Gasteiger partial charge in [0.1, 0.15) is 0 Å². The number of anilines is 1. The van der Waals surface area contributed by atoms with E-state index < -0.39 is 0 Å². The molecule has 0 aliphatic carbocycles. The van der Waals surface area contributed by atoms with Gasteiger partial charge in [0, 0.05) is 11.3 Å². The summed E-state index contributed by atoms with van der Waals surface area (Å²) in [5, 5.41) is 2.90. The summed E-state index contributed by atoms with van der Waals surface area (Å²) in [5.41, 5.74) is 1.41. The maximum atomic E-state index is 12.1. The quantitative estimate of drug-likeness (QED) is 0.866. The minimum atomic E-state index is 0.0196. The normalized spacial score (nSPS) is 16.8. The lowest BCUT2D eigenvalue weighted by Crippen LogP contribution is -2.35. The number of likely N-dealkylation sites (tertiary alicyclic amines) is 1. The predicted octanol–water partition coefficient (Wildman–Crippen LogP) is 3.09. The minimum absolute atomic E-state index is 0.0196. The smallest absolute Gasteiger partial charge is 0.238 e. The minimum Gasteiger partial charge on any atom is -0.325 e. The predicted molar refractivity (Wildman–Crippen MR) is 84.6 cm³/mol. The van der Waals surface area contributed by atoms with E-state index in [4.69, 9.17) is 0 Å². The molecule has 1 aliphatic heterocycles. The van der Waals surface area contributed by atoms with Gasteiger partial charge in [-0.05, 0) is 57.1 Å². The number of rotatable bonds is 4. The van der Waals surface area contributed by atoms with Gasteiger partial charge in [-0.15, -0.1) is 0 Å². The van der Waals surface area contributed by atoms with Crippen LogP contribution in [-0.2, 0) is 4.79 Å². The Balaban J connectivity index is 1.84. The summed E-state index contributed by atoms with van der Waals surface area (Å²) < 4.78 is 0. The van der Waals surface area contributed by atoms with Crippen molar-refractivity contribution in [1.29, 1.82) is 0 Å². The highest BCUT2D eigenvalue weighted by molar-refractivity contribution is 5.96. The van der Waals surface area contributed by atoms with Gasteiger partial charge in [0.05, 0.1) is 6.54 Å². The van der Waals surface area contributed by atoms with Crippen LogP contribution in [0.5, 0.6) is 0 Å². The number of carbonyl (C=O) groups is 2. The fourth-order valence-corrected chi connectivity index (χ4v) is 2.66. The molecule has 4 nitrogen and oxygen atoms in total. The van der Waals surface area contributed by atoms with Crippen molar-refractivity contribution in [1.82, 2.24) is 4.90 Å². The zero-order valence-corrected chi connectivity index (χ0v) is 12.7. The van der Waals surface area contributed by atoms with Crippen molar-refractivity contribution in [2.45, 2.75) is 39.0 Å². The van der Waals surface area contributed by atoms with Gasteiger partial charge in [-0.3, -0.25) is 14.5 Å². The van der Waals surface area contributed by atoms with Crippen LogP contribution in [0.2, 0.25) is 0 Å². The monoisotopic (exact) mass is 288 g/mol. The van der Waals surface area contributed by atoms with Gasteiger partial charge in [-0.1, -0.05) is 19.3 Å². The van der Waals surface area contributed by atoms with E-state index >= 15 is 0 Å². The van der Waals surface area contributed by atoms with Crippen LogP contribution in [0.4, 0.5) is 5.69 Å². The molecule has 4 heteroatoms. The van der Waals surface area contributed by atoms with Crippen LogP contribution < -0.4 is 5.32 Å². The highest BCUT2D eigenvalue weighted by Crippen LogP contribution is 2.12. The third kappa shape index (κ3) is 5.31. The summed E-state index contributed by atoms with van der Waals surface area (Å²) in [6.45, 7) is 4.01. The molecule has 1 fully saturated rings. The zero-order chi connectivity index (χ0) is 15.1. The maximum absolute atomic E-state index is 12.1. The van der Waals surface area contributed by atoms with Gasteiger partial charge < -0.3 is 5.32 Å². The first-order valence-corrected chi connectivity index (χ1v) is 7.78. The van der Waals surface area contributed by atoms with Crippen LogP contribution in [0, 0.1) is 0 Å². The molecule has 0 radical (unpaired) electrons. The standard InChI is InChI=1S/C17H24N2O2/c1-14(20)15-7-9-16(10-8-15)18-17(21)13-19-11-5-3-2-4-6-12-19/h7-10H,2-6,11-13H2,1H3,(H,18,21). The van der Waals surface area contributed by atoms with Crippen LogP contribution in [0.1, 0.15) is 49.4 Å². The van der Waals surface area contributed by atoms with Gasteiger partial charge in [0.2, 0.25) is 5.91 Å². The lowest BCUT2D eigenvalue weighted by Gasteiger charge is -2.23. The first-order valence-electron chi connectivity index (χ1n) is 7.78. The average molecular weight is 288 g/mol. The second kappa shape index (κ2) is 7.93. The molecule has 114 valence electrons. The van der Waals surface area contributed by atoms with Crippen LogP contribution in [-0.4, -0.2) is 36.2 Å².